The summed E-state index contributed by atoms with van der Waals surface area (Å²) in [6.07, 6.45) is 3.06. The first kappa shape index (κ1) is 13.0. The van der Waals surface area contributed by atoms with Crippen LogP contribution in [0.2, 0.25) is 0 Å². The van der Waals surface area contributed by atoms with Gasteiger partial charge in [-0.2, -0.15) is 0 Å². The smallest absolute Gasteiger partial charge is 0.142 e. The lowest BCUT2D eigenvalue weighted by molar-refractivity contribution is 0.419. The van der Waals surface area contributed by atoms with Crippen molar-refractivity contribution in [2.24, 2.45) is 5.73 Å². The number of hydrogen-bond acceptors (Lipinski definition) is 2. The molecule has 0 atom stereocenters. The van der Waals surface area contributed by atoms with Crippen molar-refractivity contribution >= 4 is 10.9 Å². The van der Waals surface area contributed by atoms with Gasteiger partial charge in [0.1, 0.15) is 5.75 Å². The predicted molar refractivity (Wildman–Crippen MR) is 76.3 cm³/mol. The highest BCUT2D eigenvalue weighted by Gasteiger charge is 2.24. The van der Waals surface area contributed by atoms with Crippen LogP contribution < -0.4 is 10.5 Å². The van der Waals surface area contributed by atoms with Crippen molar-refractivity contribution in [3.63, 3.8) is 0 Å². The number of ether oxygens (including phenoxy) is 1. The van der Waals surface area contributed by atoms with Crippen LogP contribution in [0.3, 0.4) is 0 Å². The monoisotopic (exact) mass is 246 g/mol. The van der Waals surface area contributed by atoms with Crippen LogP contribution in [0.4, 0.5) is 0 Å². The number of nitrogens with two attached hydrogens (primary N) is 1. The number of aromatic nitrogens is 1. The lowest BCUT2D eigenvalue weighted by Crippen LogP contribution is -2.21. The van der Waals surface area contributed by atoms with Gasteiger partial charge in [0, 0.05) is 11.6 Å². The number of benzene rings is 1. The number of aryl methyl sites for hydroxylation is 1. The van der Waals surface area contributed by atoms with Gasteiger partial charge in [-0.3, -0.25) is 0 Å². The van der Waals surface area contributed by atoms with E-state index in [0.717, 1.165) is 17.7 Å². The quantitative estimate of drug-likeness (QED) is 0.871. The molecule has 0 amide bonds. The number of hydrogen-bond donors (Lipinski definition) is 2. The lowest BCUT2D eigenvalue weighted by Gasteiger charge is -2.24. The van der Waals surface area contributed by atoms with Crippen LogP contribution in [0, 0.1) is 6.92 Å². The van der Waals surface area contributed by atoms with Crippen molar-refractivity contribution in [2.75, 3.05) is 13.7 Å². The van der Waals surface area contributed by atoms with E-state index in [2.05, 4.69) is 38.0 Å². The number of H-pyrrole nitrogens is 1. The SMILES string of the molecule is COc1ccc(C)c2c(C(C)(C)CCN)c[nH]c12. The van der Waals surface area contributed by atoms with Crippen molar-refractivity contribution in [1.29, 1.82) is 0 Å². The lowest BCUT2D eigenvalue weighted by atomic mass is 9.80. The number of aromatic amines is 1. The summed E-state index contributed by atoms with van der Waals surface area (Å²) < 4.78 is 5.41. The average Bonchev–Trinajstić information content (AvgIpc) is 2.76. The van der Waals surface area contributed by atoms with E-state index in [9.17, 15) is 0 Å². The fourth-order valence-corrected chi connectivity index (χ4v) is 2.59. The van der Waals surface area contributed by atoms with Gasteiger partial charge in [-0.15, -0.1) is 0 Å². The van der Waals surface area contributed by atoms with Gasteiger partial charge in [-0.25, -0.2) is 0 Å². The summed E-state index contributed by atoms with van der Waals surface area (Å²) in [6.45, 7) is 7.31. The molecule has 0 unspecified atom stereocenters. The van der Waals surface area contributed by atoms with Crippen LogP contribution in [-0.4, -0.2) is 18.6 Å². The minimum atomic E-state index is 0.0735. The van der Waals surface area contributed by atoms with Crippen molar-refractivity contribution < 1.29 is 4.74 Å². The molecule has 3 N–H and O–H groups in total. The number of rotatable bonds is 4. The van der Waals surface area contributed by atoms with Gasteiger partial charge in [-0.05, 0) is 42.5 Å². The topological polar surface area (TPSA) is 51.0 Å². The summed E-state index contributed by atoms with van der Waals surface area (Å²) in [6, 6.07) is 4.12. The van der Waals surface area contributed by atoms with Gasteiger partial charge in [0.15, 0.2) is 0 Å². The molecule has 0 aliphatic rings. The second kappa shape index (κ2) is 4.65. The molecule has 98 valence electrons. The summed E-state index contributed by atoms with van der Waals surface area (Å²) in [5.74, 6) is 0.894. The molecular formula is C15H22N2O. The van der Waals surface area contributed by atoms with Crippen molar-refractivity contribution in [3.05, 3.63) is 29.5 Å². The molecule has 0 radical (unpaired) electrons. The van der Waals surface area contributed by atoms with Crippen LogP contribution in [0.1, 0.15) is 31.4 Å². The highest BCUT2D eigenvalue weighted by atomic mass is 16.5. The van der Waals surface area contributed by atoms with Crippen LogP contribution >= 0.6 is 0 Å². The Kier molecular flexibility index (Phi) is 3.35. The number of nitrogens with one attached hydrogen (secondary N) is 1. The number of fused-ring (bicyclic) bond motifs is 1. The van der Waals surface area contributed by atoms with E-state index in [1.165, 1.54) is 16.5 Å². The molecule has 0 fully saturated rings. The Labute approximate surface area is 108 Å². The zero-order chi connectivity index (χ0) is 13.3. The van der Waals surface area contributed by atoms with Crippen LogP contribution in [0.5, 0.6) is 5.75 Å². The standard InChI is InChI=1S/C15H22N2O/c1-10-5-6-12(18-4)14-13(10)11(9-17-14)15(2,3)7-8-16/h5-6,9,17H,7-8,16H2,1-4H3. The molecule has 2 rings (SSSR count). The Morgan fingerprint density at radius 2 is 2.06 bits per heavy atom. The van der Waals surface area contributed by atoms with Gasteiger partial charge in [-0.1, -0.05) is 19.9 Å². The molecule has 0 saturated heterocycles. The Morgan fingerprint density at radius 3 is 2.67 bits per heavy atom. The third-order valence-corrected chi connectivity index (χ3v) is 3.72. The molecule has 1 aromatic heterocycles. The summed E-state index contributed by atoms with van der Waals surface area (Å²) in [7, 11) is 1.70. The molecule has 2 aromatic rings. The van der Waals surface area contributed by atoms with Crippen molar-refractivity contribution in [1.82, 2.24) is 4.98 Å². The Hall–Kier alpha value is -1.48. The molecule has 1 aromatic carbocycles. The van der Waals surface area contributed by atoms with Gasteiger partial charge in [0.05, 0.1) is 12.6 Å². The van der Waals surface area contributed by atoms with E-state index in [1.807, 2.05) is 6.07 Å². The van der Waals surface area contributed by atoms with Crippen LogP contribution in [0.15, 0.2) is 18.3 Å². The van der Waals surface area contributed by atoms with Gasteiger partial charge in [0.25, 0.3) is 0 Å². The molecule has 0 aliphatic heterocycles. The molecule has 0 spiro atoms. The molecule has 3 nitrogen and oxygen atoms in total. The Balaban J connectivity index is 2.67. The highest BCUT2D eigenvalue weighted by Crippen LogP contribution is 2.37. The van der Waals surface area contributed by atoms with Crippen LogP contribution in [0.25, 0.3) is 10.9 Å². The predicted octanol–water partition coefficient (Wildman–Crippen LogP) is 3.11. The average molecular weight is 246 g/mol. The summed E-state index contributed by atoms with van der Waals surface area (Å²) in [5.41, 5.74) is 9.47. The Bertz CT molecular complexity index is 555. The zero-order valence-corrected chi connectivity index (χ0v) is 11.6. The normalized spacial score (nSPS) is 12.1. The highest BCUT2D eigenvalue weighted by molar-refractivity contribution is 5.92. The van der Waals surface area contributed by atoms with Gasteiger partial charge in [0.2, 0.25) is 0 Å². The van der Waals surface area contributed by atoms with E-state index in [0.29, 0.717) is 6.54 Å². The molecule has 0 saturated carbocycles. The minimum Gasteiger partial charge on any atom is -0.495 e. The molecule has 0 bridgehead atoms. The van der Waals surface area contributed by atoms with Crippen molar-refractivity contribution in [3.8, 4) is 5.75 Å². The van der Waals surface area contributed by atoms with E-state index >= 15 is 0 Å². The number of methoxy groups -OCH3 is 1. The third-order valence-electron chi connectivity index (χ3n) is 3.72. The van der Waals surface area contributed by atoms with Gasteiger partial charge >= 0.3 is 0 Å². The van der Waals surface area contributed by atoms with Gasteiger partial charge < -0.3 is 15.5 Å². The molecular weight excluding hydrogens is 224 g/mol. The maximum atomic E-state index is 5.72. The molecule has 3 heteroatoms. The Morgan fingerprint density at radius 1 is 1.33 bits per heavy atom. The third kappa shape index (κ3) is 1.99. The maximum absolute atomic E-state index is 5.72. The first-order valence-electron chi connectivity index (χ1n) is 6.36. The first-order valence-corrected chi connectivity index (χ1v) is 6.36. The van der Waals surface area contributed by atoms with E-state index in [-0.39, 0.29) is 5.41 Å². The second-order valence-corrected chi connectivity index (χ2v) is 5.46. The van der Waals surface area contributed by atoms with Crippen molar-refractivity contribution in [2.45, 2.75) is 32.6 Å². The summed E-state index contributed by atoms with van der Waals surface area (Å²) in [5, 5.41) is 1.27. The molecule has 1 heterocycles. The second-order valence-electron chi connectivity index (χ2n) is 5.46. The maximum Gasteiger partial charge on any atom is 0.142 e. The molecule has 18 heavy (non-hydrogen) atoms. The first-order chi connectivity index (χ1) is 8.51. The van der Waals surface area contributed by atoms with E-state index in [1.54, 1.807) is 7.11 Å². The summed E-state index contributed by atoms with van der Waals surface area (Å²) in [4.78, 5) is 3.35. The van der Waals surface area contributed by atoms with E-state index < -0.39 is 0 Å². The summed E-state index contributed by atoms with van der Waals surface area (Å²) >= 11 is 0. The van der Waals surface area contributed by atoms with Crippen LogP contribution in [-0.2, 0) is 5.41 Å². The van der Waals surface area contributed by atoms with E-state index in [4.69, 9.17) is 10.5 Å². The largest absolute Gasteiger partial charge is 0.495 e. The fourth-order valence-electron chi connectivity index (χ4n) is 2.59. The minimum absolute atomic E-state index is 0.0735. The zero-order valence-electron chi connectivity index (χ0n) is 11.6. The molecule has 0 aliphatic carbocycles. The fraction of sp³-hybridized carbons (Fsp3) is 0.467.